The van der Waals surface area contributed by atoms with Gasteiger partial charge in [0.2, 0.25) is 5.91 Å². The Morgan fingerprint density at radius 3 is 2.76 bits per heavy atom. The van der Waals surface area contributed by atoms with Crippen LogP contribution in [0.25, 0.3) is 0 Å². The Kier molecular flexibility index (Phi) is 5.07. The van der Waals surface area contributed by atoms with Crippen LogP contribution in [0.5, 0.6) is 0 Å². The second kappa shape index (κ2) is 6.81. The molecule has 0 spiro atoms. The molecule has 1 amide bonds. The van der Waals surface area contributed by atoms with E-state index in [0.29, 0.717) is 17.7 Å². The summed E-state index contributed by atoms with van der Waals surface area (Å²) in [7, 11) is 0. The van der Waals surface area contributed by atoms with Crippen molar-refractivity contribution >= 4 is 23.4 Å². The maximum Gasteiger partial charge on any atom is 0.231 e. The summed E-state index contributed by atoms with van der Waals surface area (Å²) >= 11 is 1.23. The van der Waals surface area contributed by atoms with E-state index in [9.17, 15) is 14.4 Å². The van der Waals surface area contributed by atoms with E-state index >= 15 is 0 Å². The van der Waals surface area contributed by atoms with E-state index in [0.717, 1.165) is 19.3 Å². The number of nitrogens with one attached hydrogen (secondary N) is 1. The quantitative estimate of drug-likeness (QED) is 0.662. The van der Waals surface area contributed by atoms with Crippen molar-refractivity contribution in [3.63, 3.8) is 0 Å². The van der Waals surface area contributed by atoms with Gasteiger partial charge in [0.15, 0.2) is 0 Å². The van der Waals surface area contributed by atoms with Crippen molar-refractivity contribution < 1.29 is 9.18 Å². The van der Waals surface area contributed by atoms with Gasteiger partial charge in [0.05, 0.1) is 17.5 Å². The van der Waals surface area contributed by atoms with Crippen LogP contribution in [-0.2, 0) is 4.79 Å². The number of benzene rings is 1. The molecule has 1 aromatic carbocycles. The molecule has 1 saturated carbocycles. The molecule has 0 heterocycles. The standard InChI is InChI=1S/C15H18FN3OS/c16-12-8-11(4-5-13(12)18)21-9-14(20)19-15(10-17)6-2-1-3-7-15/h4-5,8H,1-3,6-7,9,18H2,(H,19,20). The maximum atomic E-state index is 13.3. The van der Waals surface area contributed by atoms with Gasteiger partial charge in [0.25, 0.3) is 0 Å². The van der Waals surface area contributed by atoms with Crippen molar-refractivity contribution in [2.75, 3.05) is 11.5 Å². The highest BCUT2D eigenvalue weighted by Crippen LogP contribution is 2.28. The van der Waals surface area contributed by atoms with E-state index in [1.165, 1.54) is 23.9 Å². The molecular formula is C15H18FN3OS. The van der Waals surface area contributed by atoms with Crippen LogP contribution >= 0.6 is 11.8 Å². The van der Waals surface area contributed by atoms with E-state index in [4.69, 9.17) is 5.73 Å². The Morgan fingerprint density at radius 1 is 1.43 bits per heavy atom. The van der Waals surface area contributed by atoms with Gasteiger partial charge in [-0.15, -0.1) is 11.8 Å². The fourth-order valence-corrected chi connectivity index (χ4v) is 3.19. The molecule has 1 fully saturated rings. The van der Waals surface area contributed by atoms with Crippen LogP contribution in [0.15, 0.2) is 23.1 Å². The number of nitrogens with zero attached hydrogens (tertiary/aromatic N) is 1. The molecule has 0 bridgehead atoms. The number of hydrogen-bond acceptors (Lipinski definition) is 4. The fourth-order valence-electron chi connectivity index (χ4n) is 2.47. The second-order valence-corrected chi connectivity index (χ2v) is 6.32. The minimum Gasteiger partial charge on any atom is -0.396 e. The monoisotopic (exact) mass is 307 g/mol. The molecule has 3 N–H and O–H groups in total. The summed E-state index contributed by atoms with van der Waals surface area (Å²) in [6.07, 6.45) is 4.44. The first-order chi connectivity index (χ1) is 10.0. The molecular weight excluding hydrogens is 289 g/mol. The highest BCUT2D eigenvalue weighted by Gasteiger charge is 2.33. The van der Waals surface area contributed by atoms with Crippen LogP contribution in [0.1, 0.15) is 32.1 Å². The molecule has 0 aliphatic heterocycles. The summed E-state index contributed by atoms with van der Waals surface area (Å²) in [6.45, 7) is 0. The van der Waals surface area contributed by atoms with Gasteiger partial charge in [-0.05, 0) is 31.0 Å². The van der Waals surface area contributed by atoms with Gasteiger partial charge in [0.1, 0.15) is 11.4 Å². The van der Waals surface area contributed by atoms with Crippen LogP contribution in [-0.4, -0.2) is 17.2 Å². The number of thioether (sulfide) groups is 1. The first-order valence-electron chi connectivity index (χ1n) is 6.95. The number of nitrogen functional groups attached to an aromatic ring is 1. The van der Waals surface area contributed by atoms with Gasteiger partial charge in [0, 0.05) is 4.90 Å². The Labute approximate surface area is 127 Å². The first-order valence-corrected chi connectivity index (χ1v) is 7.93. The molecule has 1 aromatic rings. The SMILES string of the molecule is N#CC1(NC(=O)CSc2ccc(N)c(F)c2)CCCCC1. The Morgan fingerprint density at radius 2 is 2.14 bits per heavy atom. The molecule has 1 aliphatic rings. The summed E-state index contributed by atoms with van der Waals surface area (Å²) in [5.74, 6) is -0.519. The van der Waals surface area contributed by atoms with Gasteiger partial charge in [-0.2, -0.15) is 5.26 Å². The zero-order chi connectivity index (χ0) is 15.3. The third-order valence-corrected chi connectivity index (χ3v) is 4.64. The predicted molar refractivity (Wildman–Crippen MR) is 81.1 cm³/mol. The lowest BCUT2D eigenvalue weighted by Gasteiger charge is -2.31. The number of carbonyl (C=O) groups excluding carboxylic acids is 1. The largest absolute Gasteiger partial charge is 0.396 e. The lowest BCUT2D eigenvalue weighted by molar-refractivity contribution is -0.120. The molecule has 112 valence electrons. The van der Waals surface area contributed by atoms with Gasteiger partial charge >= 0.3 is 0 Å². The normalized spacial score (nSPS) is 17.0. The predicted octanol–water partition coefficient (Wildman–Crippen LogP) is 2.84. The second-order valence-electron chi connectivity index (χ2n) is 5.27. The van der Waals surface area contributed by atoms with E-state index in [1.807, 2.05) is 0 Å². The summed E-state index contributed by atoms with van der Waals surface area (Å²) in [6, 6.07) is 6.72. The topological polar surface area (TPSA) is 78.9 Å². The average molecular weight is 307 g/mol. The van der Waals surface area contributed by atoms with Gasteiger partial charge in [-0.1, -0.05) is 19.3 Å². The molecule has 0 unspecified atom stereocenters. The molecule has 1 aliphatic carbocycles. The molecule has 0 saturated heterocycles. The van der Waals surface area contributed by atoms with Crippen molar-refractivity contribution in [1.82, 2.24) is 5.32 Å². The van der Waals surface area contributed by atoms with E-state index in [2.05, 4.69) is 11.4 Å². The summed E-state index contributed by atoms with van der Waals surface area (Å²) in [5.41, 5.74) is 4.78. The van der Waals surface area contributed by atoms with Crippen LogP contribution in [0.2, 0.25) is 0 Å². The molecule has 4 nitrogen and oxygen atoms in total. The number of hydrogen-bond donors (Lipinski definition) is 2. The molecule has 2 rings (SSSR count). The third kappa shape index (κ3) is 4.11. The molecule has 21 heavy (non-hydrogen) atoms. The summed E-state index contributed by atoms with van der Waals surface area (Å²) < 4.78 is 13.3. The van der Waals surface area contributed by atoms with Crippen molar-refractivity contribution in [3.8, 4) is 6.07 Å². The van der Waals surface area contributed by atoms with Gasteiger partial charge < -0.3 is 11.1 Å². The minimum absolute atomic E-state index is 0.0921. The zero-order valence-corrected chi connectivity index (χ0v) is 12.5. The number of carbonyl (C=O) groups is 1. The van der Waals surface area contributed by atoms with Crippen LogP contribution in [0, 0.1) is 17.1 Å². The number of nitrogens with two attached hydrogens (primary N) is 1. The molecule has 6 heteroatoms. The lowest BCUT2D eigenvalue weighted by Crippen LogP contribution is -2.49. The molecule has 0 aromatic heterocycles. The van der Waals surface area contributed by atoms with Crippen molar-refractivity contribution in [1.29, 1.82) is 5.26 Å². The van der Waals surface area contributed by atoms with E-state index < -0.39 is 11.4 Å². The number of nitriles is 1. The van der Waals surface area contributed by atoms with Crippen molar-refractivity contribution in [3.05, 3.63) is 24.0 Å². The molecule has 0 radical (unpaired) electrons. The summed E-state index contributed by atoms with van der Waals surface area (Å²) in [4.78, 5) is 12.6. The number of rotatable bonds is 4. The minimum atomic E-state index is -0.720. The Bertz CT molecular complexity index is 565. The van der Waals surface area contributed by atoms with E-state index in [1.54, 1.807) is 6.07 Å². The zero-order valence-electron chi connectivity index (χ0n) is 11.7. The number of halogens is 1. The van der Waals surface area contributed by atoms with Crippen LogP contribution in [0.4, 0.5) is 10.1 Å². The third-order valence-electron chi connectivity index (χ3n) is 3.64. The van der Waals surface area contributed by atoms with Gasteiger partial charge in [-0.3, -0.25) is 4.79 Å². The maximum absolute atomic E-state index is 13.3. The van der Waals surface area contributed by atoms with E-state index in [-0.39, 0.29) is 17.3 Å². The molecule has 0 atom stereocenters. The Balaban J connectivity index is 1.89. The van der Waals surface area contributed by atoms with Gasteiger partial charge in [-0.25, -0.2) is 4.39 Å². The number of amides is 1. The summed E-state index contributed by atoms with van der Waals surface area (Å²) in [5, 5.41) is 12.1. The lowest BCUT2D eigenvalue weighted by atomic mass is 9.83. The Hall–Kier alpha value is -1.74. The van der Waals surface area contributed by atoms with Crippen LogP contribution < -0.4 is 11.1 Å². The fraction of sp³-hybridized carbons (Fsp3) is 0.467. The number of anilines is 1. The highest BCUT2D eigenvalue weighted by molar-refractivity contribution is 8.00. The van der Waals surface area contributed by atoms with Crippen LogP contribution in [0.3, 0.4) is 0 Å². The van der Waals surface area contributed by atoms with Crippen molar-refractivity contribution in [2.24, 2.45) is 0 Å². The smallest absolute Gasteiger partial charge is 0.231 e. The first kappa shape index (κ1) is 15.6. The average Bonchev–Trinajstić information content (AvgIpc) is 2.49. The highest BCUT2D eigenvalue weighted by atomic mass is 32.2. The van der Waals surface area contributed by atoms with Crippen molar-refractivity contribution in [2.45, 2.75) is 42.5 Å².